The van der Waals surface area contributed by atoms with Crippen LogP contribution in [0.1, 0.15) is 43.2 Å². The molecule has 0 aliphatic heterocycles. The molecule has 0 N–H and O–H groups in total. The summed E-state index contributed by atoms with van der Waals surface area (Å²) in [6, 6.07) is 21.3. The molecule has 19 heavy (non-hydrogen) atoms. The van der Waals surface area contributed by atoms with Crippen molar-refractivity contribution < 1.29 is 0 Å². The van der Waals surface area contributed by atoms with E-state index in [1.54, 1.807) is 0 Å². The molecule has 0 nitrogen and oxygen atoms in total. The minimum Gasteiger partial charge on any atom is -0.0946 e. The largest absolute Gasteiger partial charge is 0.0946 e. The first-order valence-electron chi connectivity index (χ1n) is 7.12. The number of hydrogen-bond acceptors (Lipinski definition) is 0. The van der Waals surface area contributed by atoms with Crippen molar-refractivity contribution in [1.82, 2.24) is 0 Å². The molecule has 0 aliphatic carbocycles. The van der Waals surface area contributed by atoms with E-state index in [0.717, 1.165) is 0 Å². The van der Waals surface area contributed by atoms with Gasteiger partial charge in [0.1, 0.15) is 0 Å². The van der Waals surface area contributed by atoms with E-state index in [4.69, 9.17) is 0 Å². The summed E-state index contributed by atoms with van der Waals surface area (Å²) in [4.78, 5) is 0. The highest BCUT2D eigenvalue weighted by atomic mass is 14.2. The van der Waals surface area contributed by atoms with Crippen LogP contribution in [0.4, 0.5) is 0 Å². The summed E-state index contributed by atoms with van der Waals surface area (Å²) in [5.74, 6) is 0.434. The van der Waals surface area contributed by atoms with E-state index in [9.17, 15) is 0 Å². The topological polar surface area (TPSA) is 0 Å². The molecule has 2 aromatic carbocycles. The van der Waals surface area contributed by atoms with E-state index in [1.807, 2.05) is 0 Å². The Kier molecular flexibility index (Phi) is 4.97. The van der Waals surface area contributed by atoms with Crippen LogP contribution in [-0.4, -0.2) is 0 Å². The van der Waals surface area contributed by atoms with Gasteiger partial charge in [-0.15, -0.1) is 0 Å². The van der Waals surface area contributed by atoms with Gasteiger partial charge in [-0.2, -0.15) is 0 Å². The maximum atomic E-state index is 4.35. The Hall–Kier alpha value is -1.82. The van der Waals surface area contributed by atoms with Gasteiger partial charge in [0.15, 0.2) is 0 Å². The highest BCUT2D eigenvalue weighted by Crippen LogP contribution is 2.34. The van der Waals surface area contributed by atoms with Gasteiger partial charge < -0.3 is 0 Å². The van der Waals surface area contributed by atoms with Gasteiger partial charge in [-0.3, -0.25) is 0 Å². The second-order valence-corrected chi connectivity index (χ2v) is 5.00. The van der Waals surface area contributed by atoms with Crippen LogP contribution in [0, 0.1) is 0 Å². The van der Waals surface area contributed by atoms with E-state index in [0.29, 0.717) is 5.92 Å². The van der Waals surface area contributed by atoms with Crippen molar-refractivity contribution in [2.45, 2.75) is 32.1 Å². The van der Waals surface area contributed by atoms with Crippen molar-refractivity contribution >= 4 is 5.57 Å². The third-order valence-electron chi connectivity index (χ3n) is 3.61. The van der Waals surface area contributed by atoms with Crippen molar-refractivity contribution in [2.75, 3.05) is 0 Å². The molecule has 0 fully saturated rings. The standard InChI is InChI=1S/C19H22/c1-3-4-15-19(18-13-9-6-10-14-18)16(2)17-11-7-5-8-12-17/h5-14,19H,2-4,15H2,1H3/t19-/m0/s1. The zero-order valence-electron chi connectivity index (χ0n) is 11.7. The van der Waals surface area contributed by atoms with Crippen molar-refractivity contribution in [2.24, 2.45) is 0 Å². The fraction of sp³-hybridized carbons (Fsp3) is 0.263. The van der Waals surface area contributed by atoms with Gasteiger partial charge in [0, 0.05) is 5.92 Å². The van der Waals surface area contributed by atoms with Crippen LogP contribution in [0.5, 0.6) is 0 Å². The van der Waals surface area contributed by atoms with Crippen molar-refractivity contribution in [3.63, 3.8) is 0 Å². The number of allylic oxidation sites excluding steroid dienone is 1. The molecule has 0 spiro atoms. The van der Waals surface area contributed by atoms with Crippen molar-refractivity contribution in [1.29, 1.82) is 0 Å². The average molecular weight is 250 g/mol. The van der Waals surface area contributed by atoms with Gasteiger partial charge in [-0.25, -0.2) is 0 Å². The lowest BCUT2D eigenvalue weighted by atomic mass is 9.84. The first-order valence-corrected chi connectivity index (χ1v) is 7.12. The highest BCUT2D eigenvalue weighted by Gasteiger charge is 2.15. The van der Waals surface area contributed by atoms with E-state index in [1.165, 1.54) is 36.0 Å². The van der Waals surface area contributed by atoms with E-state index >= 15 is 0 Å². The van der Waals surface area contributed by atoms with Gasteiger partial charge >= 0.3 is 0 Å². The molecule has 0 radical (unpaired) electrons. The van der Waals surface area contributed by atoms with Gasteiger partial charge in [0.2, 0.25) is 0 Å². The lowest BCUT2D eigenvalue weighted by Crippen LogP contribution is -2.01. The summed E-state index contributed by atoms with van der Waals surface area (Å²) in [6.45, 7) is 6.60. The molecule has 2 aromatic rings. The third-order valence-corrected chi connectivity index (χ3v) is 3.61. The van der Waals surface area contributed by atoms with Gasteiger partial charge in [-0.1, -0.05) is 87.0 Å². The molecule has 98 valence electrons. The van der Waals surface area contributed by atoms with Gasteiger partial charge in [0.25, 0.3) is 0 Å². The fourth-order valence-corrected chi connectivity index (χ4v) is 2.49. The Morgan fingerprint density at radius 3 is 2.11 bits per heavy atom. The zero-order chi connectivity index (χ0) is 13.5. The van der Waals surface area contributed by atoms with Gasteiger partial charge in [0.05, 0.1) is 0 Å². The Labute approximate surface area is 116 Å². The zero-order valence-corrected chi connectivity index (χ0v) is 11.7. The maximum absolute atomic E-state index is 4.35. The molecular formula is C19H22. The Morgan fingerprint density at radius 1 is 0.947 bits per heavy atom. The number of hydrogen-bond donors (Lipinski definition) is 0. The summed E-state index contributed by atoms with van der Waals surface area (Å²) >= 11 is 0. The van der Waals surface area contributed by atoms with Crippen LogP contribution in [-0.2, 0) is 0 Å². The first kappa shape index (κ1) is 13.6. The van der Waals surface area contributed by atoms with Crippen LogP contribution < -0.4 is 0 Å². The van der Waals surface area contributed by atoms with Gasteiger partial charge in [-0.05, 0) is 23.1 Å². The molecule has 0 saturated heterocycles. The molecule has 0 bridgehead atoms. The molecule has 0 aliphatic rings. The van der Waals surface area contributed by atoms with Crippen LogP contribution in [0.15, 0.2) is 67.2 Å². The van der Waals surface area contributed by atoms with E-state index < -0.39 is 0 Å². The monoisotopic (exact) mass is 250 g/mol. The predicted molar refractivity (Wildman–Crippen MR) is 84.2 cm³/mol. The van der Waals surface area contributed by atoms with Crippen LogP contribution >= 0.6 is 0 Å². The lowest BCUT2D eigenvalue weighted by Gasteiger charge is -2.20. The number of unbranched alkanes of at least 4 members (excludes halogenated alkanes) is 1. The quantitative estimate of drug-likeness (QED) is 0.619. The van der Waals surface area contributed by atoms with E-state index in [2.05, 4.69) is 74.2 Å². The summed E-state index contributed by atoms with van der Waals surface area (Å²) in [5.41, 5.74) is 3.87. The van der Waals surface area contributed by atoms with Crippen LogP contribution in [0.2, 0.25) is 0 Å². The molecule has 0 aromatic heterocycles. The Morgan fingerprint density at radius 2 is 1.53 bits per heavy atom. The van der Waals surface area contributed by atoms with Crippen LogP contribution in [0.3, 0.4) is 0 Å². The Balaban J connectivity index is 2.25. The minimum absolute atomic E-state index is 0.434. The summed E-state index contributed by atoms with van der Waals surface area (Å²) in [6.07, 6.45) is 3.64. The highest BCUT2D eigenvalue weighted by molar-refractivity contribution is 5.69. The summed E-state index contributed by atoms with van der Waals surface area (Å²) in [5, 5.41) is 0. The minimum atomic E-state index is 0.434. The maximum Gasteiger partial charge on any atom is 0.00894 e. The number of rotatable bonds is 6. The normalized spacial score (nSPS) is 12.1. The van der Waals surface area contributed by atoms with Crippen molar-refractivity contribution in [3.8, 4) is 0 Å². The fourth-order valence-electron chi connectivity index (χ4n) is 2.49. The number of benzene rings is 2. The molecule has 0 unspecified atom stereocenters. The molecule has 1 atom stereocenters. The molecular weight excluding hydrogens is 228 g/mol. The first-order chi connectivity index (χ1) is 9.33. The van der Waals surface area contributed by atoms with Crippen molar-refractivity contribution in [3.05, 3.63) is 78.4 Å². The molecule has 0 amide bonds. The van der Waals surface area contributed by atoms with Crippen LogP contribution in [0.25, 0.3) is 5.57 Å². The smallest absolute Gasteiger partial charge is 0.00894 e. The molecule has 2 rings (SSSR count). The summed E-state index contributed by atoms with van der Waals surface area (Å²) in [7, 11) is 0. The second-order valence-electron chi connectivity index (χ2n) is 5.00. The molecule has 0 saturated carbocycles. The average Bonchev–Trinajstić information content (AvgIpc) is 2.49. The predicted octanol–water partition coefficient (Wildman–Crippen LogP) is 5.67. The Bertz CT molecular complexity index is 496. The third kappa shape index (κ3) is 3.57. The van der Waals surface area contributed by atoms with E-state index in [-0.39, 0.29) is 0 Å². The summed E-state index contributed by atoms with van der Waals surface area (Å²) < 4.78 is 0. The molecule has 0 heterocycles. The SMILES string of the molecule is C=C(c1ccccc1)[C@H](CCCC)c1ccccc1. The molecule has 0 heteroatoms. The second kappa shape index (κ2) is 6.94. The lowest BCUT2D eigenvalue weighted by molar-refractivity contribution is 0.674.